The Morgan fingerprint density at radius 2 is 1.94 bits per heavy atom. The Labute approximate surface area is 202 Å². The molecule has 2 aliphatic heterocycles. The van der Waals surface area contributed by atoms with Crippen LogP contribution in [0.25, 0.3) is 11.0 Å². The molecule has 10 heteroatoms. The lowest BCUT2D eigenvalue weighted by Gasteiger charge is -2.33. The van der Waals surface area contributed by atoms with Crippen LogP contribution in [0.5, 0.6) is 17.2 Å². The van der Waals surface area contributed by atoms with Crippen LogP contribution in [0.4, 0.5) is 0 Å². The van der Waals surface area contributed by atoms with Gasteiger partial charge in [0.1, 0.15) is 29.6 Å². The van der Waals surface area contributed by atoms with E-state index >= 15 is 0 Å². The molecule has 3 heterocycles. The first kappa shape index (κ1) is 23.4. The smallest absolute Gasteiger partial charge is 0.338 e. The van der Waals surface area contributed by atoms with E-state index in [1.54, 1.807) is 50.2 Å². The van der Waals surface area contributed by atoms with Crippen molar-refractivity contribution in [1.82, 2.24) is 4.90 Å². The molecular weight excluding hydrogens is 474 g/mol. The lowest BCUT2D eigenvalue weighted by Crippen LogP contribution is -2.41. The maximum Gasteiger partial charge on any atom is 0.338 e. The van der Waals surface area contributed by atoms with E-state index in [-0.39, 0.29) is 42.1 Å². The van der Waals surface area contributed by atoms with Crippen LogP contribution in [0.1, 0.15) is 35.0 Å². The second-order valence-corrected chi connectivity index (χ2v) is 10.9. The largest absolute Gasteiger partial charge is 0.478 e. The number of carbonyl (C=O) groups excluding carboxylic acids is 1. The number of ether oxygens (including phenoxy) is 3. The van der Waals surface area contributed by atoms with Crippen LogP contribution >= 0.6 is 0 Å². The first-order valence-corrected chi connectivity index (χ1v) is 13.2. The molecular formula is C25H25NO8S. The molecule has 5 rings (SSSR count). The van der Waals surface area contributed by atoms with E-state index in [9.17, 15) is 18.0 Å². The van der Waals surface area contributed by atoms with Crippen molar-refractivity contribution in [2.45, 2.75) is 32.9 Å². The zero-order valence-electron chi connectivity index (χ0n) is 19.4. The number of carbonyl (C=O) groups is 1. The van der Waals surface area contributed by atoms with Crippen LogP contribution < -0.4 is 14.9 Å². The van der Waals surface area contributed by atoms with E-state index in [0.717, 1.165) is 0 Å². The molecule has 0 bridgehead atoms. The van der Waals surface area contributed by atoms with Gasteiger partial charge in [-0.1, -0.05) is 0 Å². The molecule has 1 atom stereocenters. The Kier molecular flexibility index (Phi) is 6.02. The van der Waals surface area contributed by atoms with Crippen molar-refractivity contribution in [1.29, 1.82) is 0 Å². The minimum Gasteiger partial charge on any atom is -0.478 e. The van der Waals surface area contributed by atoms with Crippen molar-refractivity contribution in [3.8, 4) is 17.2 Å². The van der Waals surface area contributed by atoms with Crippen molar-refractivity contribution in [3.05, 3.63) is 63.5 Å². The van der Waals surface area contributed by atoms with Gasteiger partial charge in [0.2, 0.25) is 11.2 Å². The van der Waals surface area contributed by atoms with Gasteiger partial charge >= 0.3 is 5.97 Å². The molecule has 0 unspecified atom stereocenters. The highest BCUT2D eigenvalue weighted by Crippen LogP contribution is 2.35. The van der Waals surface area contributed by atoms with E-state index in [2.05, 4.69) is 0 Å². The molecule has 1 fully saturated rings. The van der Waals surface area contributed by atoms with E-state index < -0.39 is 15.8 Å². The lowest BCUT2D eigenvalue weighted by atomic mass is 10.1. The molecule has 1 saturated heterocycles. The average Bonchev–Trinajstić information content (AvgIpc) is 3.21. The number of sulfone groups is 1. The minimum atomic E-state index is -3.04. The van der Waals surface area contributed by atoms with Gasteiger partial charge in [0.25, 0.3) is 0 Å². The summed E-state index contributed by atoms with van der Waals surface area (Å²) >= 11 is 0. The first-order valence-electron chi connectivity index (χ1n) is 11.4. The van der Waals surface area contributed by atoms with Gasteiger partial charge in [-0.15, -0.1) is 0 Å². The molecule has 35 heavy (non-hydrogen) atoms. The number of esters is 1. The van der Waals surface area contributed by atoms with E-state index in [1.807, 2.05) is 4.90 Å². The third kappa shape index (κ3) is 4.51. The van der Waals surface area contributed by atoms with Gasteiger partial charge in [0.05, 0.1) is 34.6 Å². The Balaban J connectivity index is 1.45. The number of fused-ring (bicyclic) bond motifs is 3. The summed E-state index contributed by atoms with van der Waals surface area (Å²) in [5.74, 6) is 1.18. The fourth-order valence-corrected chi connectivity index (χ4v) is 6.24. The molecule has 2 aromatic carbocycles. The Hall–Kier alpha value is -3.37. The minimum absolute atomic E-state index is 0.0526. The van der Waals surface area contributed by atoms with Gasteiger partial charge in [0, 0.05) is 12.6 Å². The molecule has 0 aliphatic carbocycles. The van der Waals surface area contributed by atoms with Crippen molar-refractivity contribution in [2.24, 2.45) is 0 Å². The standard InChI is InChI=1S/C25H25NO8S/c1-3-31-25(28)16-4-6-18(7-5-16)34-23-15(2)33-24-19(22(23)27)8-9-21-20(24)12-26(14-32-21)17-10-11-35(29,30)13-17/h4-9,17H,3,10-14H2,1-2H3/t17-/m1/s1. The number of rotatable bonds is 5. The molecule has 0 saturated carbocycles. The monoisotopic (exact) mass is 499 g/mol. The number of benzene rings is 2. The fraction of sp³-hybridized carbons (Fsp3) is 0.360. The Bertz CT molecular complexity index is 1460. The Morgan fingerprint density at radius 3 is 2.63 bits per heavy atom. The lowest BCUT2D eigenvalue weighted by molar-refractivity contribution is 0.0526. The number of hydrogen-bond donors (Lipinski definition) is 0. The van der Waals surface area contributed by atoms with Gasteiger partial charge in [-0.25, -0.2) is 13.2 Å². The highest BCUT2D eigenvalue weighted by molar-refractivity contribution is 7.91. The van der Waals surface area contributed by atoms with E-state index in [4.69, 9.17) is 18.6 Å². The van der Waals surface area contributed by atoms with Crippen molar-refractivity contribution < 1.29 is 31.8 Å². The number of hydrogen-bond acceptors (Lipinski definition) is 9. The van der Waals surface area contributed by atoms with Crippen LogP contribution in [0.2, 0.25) is 0 Å². The first-order chi connectivity index (χ1) is 16.8. The molecule has 1 aromatic heterocycles. The third-order valence-electron chi connectivity index (χ3n) is 6.30. The maximum absolute atomic E-state index is 13.3. The Morgan fingerprint density at radius 1 is 1.17 bits per heavy atom. The predicted octanol–water partition coefficient (Wildman–Crippen LogP) is 3.41. The van der Waals surface area contributed by atoms with Crippen molar-refractivity contribution in [2.75, 3.05) is 24.8 Å². The van der Waals surface area contributed by atoms with Crippen molar-refractivity contribution >= 4 is 26.8 Å². The molecule has 0 radical (unpaired) electrons. The summed E-state index contributed by atoms with van der Waals surface area (Å²) in [5, 5.41) is 0.344. The van der Waals surface area contributed by atoms with Crippen LogP contribution in [-0.4, -0.2) is 50.2 Å². The summed E-state index contributed by atoms with van der Waals surface area (Å²) in [7, 11) is -3.04. The van der Waals surface area contributed by atoms with Crippen LogP contribution in [0.3, 0.4) is 0 Å². The fourth-order valence-electron chi connectivity index (χ4n) is 4.48. The summed E-state index contributed by atoms with van der Waals surface area (Å²) in [6, 6.07) is 9.55. The van der Waals surface area contributed by atoms with Crippen molar-refractivity contribution in [3.63, 3.8) is 0 Å². The summed E-state index contributed by atoms with van der Waals surface area (Å²) < 4.78 is 46.6. The van der Waals surface area contributed by atoms with E-state index in [0.29, 0.717) is 52.3 Å². The number of aryl methyl sites for hydroxylation is 1. The predicted molar refractivity (Wildman–Crippen MR) is 128 cm³/mol. The van der Waals surface area contributed by atoms with Gasteiger partial charge in [-0.3, -0.25) is 9.69 Å². The second-order valence-electron chi connectivity index (χ2n) is 8.66. The highest BCUT2D eigenvalue weighted by Gasteiger charge is 2.35. The summed E-state index contributed by atoms with van der Waals surface area (Å²) in [4.78, 5) is 27.2. The van der Waals surface area contributed by atoms with E-state index in [1.165, 1.54) is 0 Å². The zero-order chi connectivity index (χ0) is 24.7. The normalized spacial score (nSPS) is 19.2. The third-order valence-corrected chi connectivity index (χ3v) is 8.05. The molecule has 9 nitrogen and oxygen atoms in total. The summed E-state index contributed by atoms with van der Waals surface area (Å²) in [5.41, 5.74) is 1.17. The van der Waals surface area contributed by atoms with Crippen LogP contribution in [-0.2, 0) is 21.1 Å². The highest BCUT2D eigenvalue weighted by atomic mass is 32.2. The topological polar surface area (TPSA) is 112 Å². The molecule has 3 aromatic rings. The maximum atomic E-state index is 13.3. The van der Waals surface area contributed by atoms with Crippen LogP contribution in [0, 0.1) is 6.92 Å². The van der Waals surface area contributed by atoms with Gasteiger partial charge in [-0.05, 0) is 56.7 Å². The molecule has 184 valence electrons. The SMILES string of the molecule is CCOC(=O)c1ccc(Oc2c(C)oc3c4c(ccc3c2=O)OCN([C@@H]2CCS(=O)(=O)C2)C4)cc1. The van der Waals surface area contributed by atoms with Gasteiger partial charge < -0.3 is 18.6 Å². The van der Waals surface area contributed by atoms with Crippen LogP contribution in [0.15, 0.2) is 45.6 Å². The number of nitrogens with zero attached hydrogens (tertiary/aromatic N) is 1. The molecule has 2 aliphatic rings. The quantitative estimate of drug-likeness (QED) is 0.487. The zero-order valence-corrected chi connectivity index (χ0v) is 20.2. The molecule has 0 spiro atoms. The molecule has 0 N–H and O–H groups in total. The second kappa shape index (κ2) is 9.01. The van der Waals surface area contributed by atoms with Gasteiger partial charge in [-0.2, -0.15) is 0 Å². The summed E-state index contributed by atoms with van der Waals surface area (Å²) in [6.07, 6.45) is 0.557. The molecule has 0 amide bonds. The summed E-state index contributed by atoms with van der Waals surface area (Å²) in [6.45, 7) is 4.36. The average molecular weight is 500 g/mol. The van der Waals surface area contributed by atoms with Gasteiger partial charge in [0.15, 0.2) is 9.84 Å².